The van der Waals surface area contributed by atoms with Crippen LogP contribution in [0.15, 0.2) is 42.5 Å². The van der Waals surface area contributed by atoms with E-state index in [1.807, 2.05) is 0 Å². The van der Waals surface area contributed by atoms with E-state index >= 15 is 0 Å². The molecule has 2 aromatic carbocycles. The van der Waals surface area contributed by atoms with Crippen molar-refractivity contribution in [2.75, 3.05) is 0 Å². The van der Waals surface area contributed by atoms with Crippen LogP contribution in [0.3, 0.4) is 0 Å². The van der Waals surface area contributed by atoms with Crippen molar-refractivity contribution in [3.63, 3.8) is 0 Å². The molecule has 0 aromatic heterocycles. The molecule has 37 heavy (non-hydrogen) atoms. The van der Waals surface area contributed by atoms with Gasteiger partial charge in [-0.25, -0.2) is 0 Å². The maximum absolute atomic E-state index is 4.52. The standard InChI is InChI=1S/C27H29.C7H13.2ClH.Zr/c1-17-24(27(5,6)7)16-22-21-15-20(26(2,3)4)13-12-19(21)14-23(22)25(17)18-10-8-9-11-18;1-7-5-3-2-4-6-7;;;/h8-10,12-13,15-16H,1,11H2,2-7H3;7H,1-6H2;2*1H;/q2*-1;;;+4/p-2. The van der Waals surface area contributed by atoms with Gasteiger partial charge in [0.25, 0.3) is 0 Å². The Morgan fingerprint density at radius 2 is 1.54 bits per heavy atom. The zero-order valence-electron chi connectivity index (χ0n) is 23.5. The average molecular weight is 613 g/mol. The molecule has 0 unspecified atom stereocenters. The third-order valence-corrected chi connectivity index (χ3v) is 7.50. The molecule has 3 aliphatic rings. The second-order valence-electron chi connectivity index (χ2n) is 12.4. The van der Waals surface area contributed by atoms with Crippen LogP contribution in [0.2, 0.25) is 0 Å². The first-order valence-electron chi connectivity index (χ1n) is 13.1. The maximum atomic E-state index is 4.52. The predicted molar refractivity (Wildman–Crippen MR) is 149 cm³/mol. The summed E-state index contributed by atoms with van der Waals surface area (Å²) in [5, 5.41) is 5.00. The molecule has 5 rings (SSSR count). The molecular formula is C34H42Cl2Zr. The fourth-order valence-corrected chi connectivity index (χ4v) is 5.39. The van der Waals surface area contributed by atoms with E-state index in [1.165, 1.54) is 75.6 Å². The largest absolute Gasteiger partial charge is 4.00 e. The van der Waals surface area contributed by atoms with Crippen molar-refractivity contribution >= 4 is 18.2 Å². The molecule has 196 valence electrons. The molecule has 0 aliphatic heterocycles. The number of benzene rings is 2. The van der Waals surface area contributed by atoms with Crippen LogP contribution in [0, 0.1) is 23.3 Å². The van der Waals surface area contributed by atoms with E-state index in [1.54, 1.807) is 0 Å². The summed E-state index contributed by atoms with van der Waals surface area (Å²) in [6.45, 7) is 22.2. The van der Waals surface area contributed by atoms with E-state index in [0.717, 1.165) is 17.6 Å². The zero-order chi connectivity index (χ0) is 24.7. The molecule has 0 radical (unpaired) electrons. The van der Waals surface area contributed by atoms with Crippen LogP contribution >= 0.6 is 0 Å². The van der Waals surface area contributed by atoms with Crippen LogP contribution in [-0.2, 0) is 37.0 Å². The topological polar surface area (TPSA) is 0 Å². The minimum absolute atomic E-state index is 0. The Labute approximate surface area is 257 Å². The Morgan fingerprint density at radius 1 is 0.892 bits per heavy atom. The maximum Gasteiger partial charge on any atom is 4.00 e. The smallest absolute Gasteiger partial charge is 1.00 e. The van der Waals surface area contributed by atoms with Crippen LogP contribution in [0.4, 0.5) is 0 Å². The van der Waals surface area contributed by atoms with E-state index in [2.05, 4.69) is 104 Å². The van der Waals surface area contributed by atoms with Crippen LogP contribution in [0.25, 0.3) is 18.2 Å². The Bertz CT molecular complexity index is 1340. The summed E-state index contributed by atoms with van der Waals surface area (Å²) < 4.78 is 0. The minimum Gasteiger partial charge on any atom is -1.00 e. The molecule has 3 aliphatic carbocycles. The predicted octanol–water partition coefficient (Wildman–Crippen LogP) is 1.75. The molecular weight excluding hydrogens is 571 g/mol. The zero-order valence-corrected chi connectivity index (χ0v) is 27.5. The fourth-order valence-electron chi connectivity index (χ4n) is 5.39. The first-order valence-corrected chi connectivity index (χ1v) is 13.1. The Hall–Kier alpha value is -0.877. The molecule has 0 N–H and O–H groups in total. The molecule has 0 atom stereocenters. The number of allylic oxidation sites excluding steroid dienone is 4. The van der Waals surface area contributed by atoms with E-state index in [0.29, 0.717) is 0 Å². The summed E-state index contributed by atoms with van der Waals surface area (Å²) in [5.41, 5.74) is 6.77. The van der Waals surface area contributed by atoms with Gasteiger partial charge in [-0.3, -0.25) is 0 Å². The van der Waals surface area contributed by atoms with Crippen molar-refractivity contribution in [2.45, 2.75) is 90.9 Å². The summed E-state index contributed by atoms with van der Waals surface area (Å²) in [6, 6.07) is 9.23. The van der Waals surface area contributed by atoms with Gasteiger partial charge in [0.05, 0.1) is 0 Å². The van der Waals surface area contributed by atoms with Crippen LogP contribution < -0.4 is 35.3 Å². The molecule has 3 heteroatoms. The Balaban J connectivity index is 0.000000598. The Morgan fingerprint density at radius 3 is 2.03 bits per heavy atom. The number of halogens is 2. The summed E-state index contributed by atoms with van der Waals surface area (Å²) in [6.07, 6.45) is 18.4. The van der Waals surface area contributed by atoms with Gasteiger partial charge in [0.2, 0.25) is 0 Å². The SMILES string of the molecule is C=c1c(C(C)(C)C)cc2c(c1C1=CC=CC1)[C-]=c1ccc(C(C)(C)C)cc1=2.[CH2-]C1CCCCC1.[Cl-].[Cl-].[Zr+4]. The molecule has 1 saturated carbocycles. The molecule has 0 spiro atoms. The Kier molecular flexibility index (Phi) is 12.4. The van der Waals surface area contributed by atoms with Gasteiger partial charge in [-0.2, -0.15) is 5.92 Å². The van der Waals surface area contributed by atoms with Crippen LogP contribution in [0.5, 0.6) is 0 Å². The normalized spacial score (nSPS) is 16.0. The van der Waals surface area contributed by atoms with E-state index in [4.69, 9.17) is 0 Å². The van der Waals surface area contributed by atoms with E-state index < -0.39 is 0 Å². The first kappa shape index (κ1) is 34.2. The van der Waals surface area contributed by atoms with Gasteiger partial charge < -0.3 is 31.7 Å². The number of fused-ring (bicyclic) bond motifs is 2. The minimum atomic E-state index is 0. The van der Waals surface area contributed by atoms with Crippen molar-refractivity contribution < 1.29 is 51.0 Å². The van der Waals surface area contributed by atoms with Crippen LogP contribution in [0.1, 0.15) is 102 Å². The van der Waals surface area contributed by atoms with Crippen LogP contribution in [-0.4, -0.2) is 0 Å². The van der Waals surface area contributed by atoms with Crippen molar-refractivity contribution in [1.82, 2.24) is 0 Å². The van der Waals surface area contributed by atoms with Gasteiger partial charge >= 0.3 is 26.2 Å². The molecule has 0 heterocycles. The molecule has 0 saturated heterocycles. The van der Waals surface area contributed by atoms with Crippen molar-refractivity contribution in [2.24, 2.45) is 5.92 Å². The van der Waals surface area contributed by atoms with Gasteiger partial charge in [-0.1, -0.05) is 144 Å². The fraction of sp³-hybridized carbons (Fsp3) is 0.441. The van der Waals surface area contributed by atoms with Crippen molar-refractivity contribution in [3.05, 3.63) is 92.5 Å². The van der Waals surface area contributed by atoms with Crippen molar-refractivity contribution in [1.29, 1.82) is 0 Å². The molecule has 2 aromatic rings. The number of hydrogen-bond acceptors (Lipinski definition) is 0. The van der Waals surface area contributed by atoms with Gasteiger partial charge in [0, 0.05) is 0 Å². The van der Waals surface area contributed by atoms with E-state index in [9.17, 15) is 0 Å². The molecule has 0 nitrogen and oxygen atoms in total. The average Bonchev–Trinajstić information content (AvgIpc) is 3.40. The third kappa shape index (κ3) is 7.62. The van der Waals surface area contributed by atoms with Gasteiger partial charge in [0.15, 0.2) is 0 Å². The third-order valence-electron chi connectivity index (χ3n) is 7.50. The van der Waals surface area contributed by atoms with Gasteiger partial charge in [-0.15, -0.1) is 33.4 Å². The van der Waals surface area contributed by atoms with Gasteiger partial charge in [-0.05, 0) is 17.3 Å². The quantitative estimate of drug-likeness (QED) is 0.368. The first-order chi connectivity index (χ1) is 16.0. The monoisotopic (exact) mass is 610 g/mol. The summed E-state index contributed by atoms with van der Waals surface area (Å²) in [7, 11) is 0. The molecule has 0 bridgehead atoms. The number of hydrogen-bond donors (Lipinski definition) is 0. The van der Waals surface area contributed by atoms with E-state index in [-0.39, 0.29) is 61.8 Å². The molecule has 1 fully saturated rings. The summed E-state index contributed by atoms with van der Waals surface area (Å²) >= 11 is 0. The van der Waals surface area contributed by atoms with Gasteiger partial charge in [0.1, 0.15) is 0 Å². The number of rotatable bonds is 1. The summed E-state index contributed by atoms with van der Waals surface area (Å²) in [4.78, 5) is 0. The summed E-state index contributed by atoms with van der Waals surface area (Å²) in [5.74, 6) is 0.786. The second-order valence-corrected chi connectivity index (χ2v) is 12.4. The second kappa shape index (κ2) is 13.5. The molecule has 0 amide bonds. The van der Waals surface area contributed by atoms with Crippen molar-refractivity contribution in [3.8, 4) is 0 Å².